The standard InChI is InChI=1S/C17H16FN3O3/c18-14-4-2-1-3-13(14)16(22)21-9-7-20(8-10-21)15-6-5-12(11-19-15)17(23)24/h1-6,11H,7-10H2,(H,23,24). The van der Waals surface area contributed by atoms with Crippen molar-refractivity contribution in [2.75, 3.05) is 31.1 Å². The number of hydrogen-bond donors (Lipinski definition) is 1. The van der Waals surface area contributed by atoms with Gasteiger partial charge in [0.2, 0.25) is 0 Å². The van der Waals surface area contributed by atoms with Gasteiger partial charge < -0.3 is 14.9 Å². The molecule has 0 aliphatic carbocycles. The Bertz CT molecular complexity index is 756. The number of benzene rings is 1. The summed E-state index contributed by atoms with van der Waals surface area (Å²) in [6.07, 6.45) is 1.31. The number of hydrogen-bond acceptors (Lipinski definition) is 4. The summed E-state index contributed by atoms with van der Waals surface area (Å²) in [7, 11) is 0. The molecule has 1 amide bonds. The Morgan fingerprint density at radius 1 is 1.04 bits per heavy atom. The van der Waals surface area contributed by atoms with Crippen LogP contribution in [0.2, 0.25) is 0 Å². The number of halogens is 1. The fourth-order valence-corrected chi connectivity index (χ4v) is 2.64. The van der Waals surface area contributed by atoms with Crippen LogP contribution >= 0.6 is 0 Å². The largest absolute Gasteiger partial charge is 0.478 e. The summed E-state index contributed by atoms with van der Waals surface area (Å²) in [5, 5.41) is 8.88. The van der Waals surface area contributed by atoms with Crippen LogP contribution in [-0.4, -0.2) is 53.0 Å². The van der Waals surface area contributed by atoms with E-state index >= 15 is 0 Å². The van der Waals surface area contributed by atoms with E-state index < -0.39 is 11.8 Å². The zero-order valence-corrected chi connectivity index (χ0v) is 12.9. The van der Waals surface area contributed by atoms with E-state index in [0.717, 1.165) is 0 Å². The van der Waals surface area contributed by atoms with E-state index in [1.165, 1.54) is 24.4 Å². The van der Waals surface area contributed by atoms with Crippen LogP contribution in [0.25, 0.3) is 0 Å². The van der Waals surface area contributed by atoms with Gasteiger partial charge in [0.1, 0.15) is 11.6 Å². The van der Waals surface area contributed by atoms with E-state index in [4.69, 9.17) is 5.11 Å². The third-order valence-corrected chi connectivity index (χ3v) is 3.99. The average Bonchev–Trinajstić information content (AvgIpc) is 2.62. The van der Waals surface area contributed by atoms with Crippen molar-refractivity contribution in [3.63, 3.8) is 0 Å². The summed E-state index contributed by atoms with van der Waals surface area (Å²) in [5.41, 5.74) is 0.210. The van der Waals surface area contributed by atoms with Gasteiger partial charge in [-0.15, -0.1) is 0 Å². The summed E-state index contributed by atoms with van der Waals surface area (Å²) < 4.78 is 13.7. The molecule has 124 valence electrons. The number of anilines is 1. The number of piperazine rings is 1. The first-order valence-electron chi connectivity index (χ1n) is 7.54. The molecule has 0 spiro atoms. The Balaban J connectivity index is 1.64. The first-order chi connectivity index (χ1) is 11.6. The highest BCUT2D eigenvalue weighted by Gasteiger charge is 2.24. The quantitative estimate of drug-likeness (QED) is 0.931. The lowest BCUT2D eigenvalue weighted by Crippen LogP contribution is -2.49. The Morgan fingerprint density at radius 3 is 2.33 bits per heavy atom. The van der Waals surface area contributed by atoms with Gasteiger partial charge in [0.25, 0.3) is 5.91 Å². The van der Waals surface area contributed by atoms with Crippen molar-refractivity contribution < 1.29 is 19.1 Å². The molecule has 1 N–H and O–H groups in total. The highest BCUT2D eigenvalue weighted by atomic mass is 19.1. The minimum Gasteiger partial charge on any atom is -0.478 e. The number of amides is 1. The molecule has 0 atom stereocenters. The lowest BCUT2D eigenvalue weighted by molar-refractivity contribution is 0.0694. The van der Waals surface area contributed by atoms with Crippen molar-refractivity contribution in [2.24, 2.45) is 0 Å². The van der Waals surface area contributed by atoms with Crippen LogP contribution in [0.15, 0.2) is 42.6 Å². The minimum atomic E-state index is -1.02. The van der Waals surface area contributed by atoms with E-state index in [1.54, 1.807) is 23.1 Å². The molecule has 0 bridgehead atoms. The van der Waals surface area contributed by atoms with E-state index in [9.17, 15) is 14.0 Å². The third kappa shape index (κ3) is 3.19. The van der Waals surface area contributed by atoms with Crippen molar-refractivity contribution in [3.8, 4) is 0 Å². The Kier molecular flexibility index (Phi) is 4.41. The van der Waals surface area contributed by atoms with Crippen LogP contribution in [0, 0.1) is 5.82 Å². The van der Waals surface area contributed by atoms with Crippen molar-refractivity contribution >= 4 is 17.7 Å². The van der Waals surface area contributed by atoms with Gasteiger partial charge in [-0.3, -0.25) is 4.79 Å². The van der Waals surface area contributed by atoms with Crippen molar-refractivity contribution in [1.82, 2.24) is 9.88 Å². The zero-order valence-electron chi connectivity index (χ0n) is 12.9. The van der Waals surface area contributed by atoms with Crippen LogP contribution in [0.5, 0.6) is 0 Å². The molecule has 24 heavy (non-hydrogen) atoms. The monoisotopic (exact) mass is 329 g/mol. The van der Waals surface area contributed by atoms with Crippen LogP contribution in [-0.2, 0) is 0 Å². The van der Waals surface area contributed by atoms with Gasteiger partial charge in [-0.25, -0.2) is 14.2 Å². The molecule has 1 fully saturated rings. The molecule has 1 aliphatic rings. The van der Waals surface area contributed by atoms with Gasteiger partial charge in [-0.1, -0.05) is 12.1 Å². The number of carbonyl (C=O) groups excluding carboxylic acids is 1. The average molecular weight is 329 g/mol. The first kappa shape index (κ1) is 15.9. The maximum atomic E-state index is 13.7. The van der Waals surface area contributed by atoms with Crippen LogP contribution in [0.1, 0.15) is 20.7 Å². The van der Waals surface area contributed by atoms with Gasteiger partial charge in [0, 0.05) is 32.4 Å². The molecule has 0 saturated carbocycles. The number of carboxylic acid groups (broad SMARTS) is 1. The fourth-order valence-electron chi connectivity index (χ4n) is 2.64. The van der Waals surface area contributed by atoms with E-state index in [2.05, 4.69) is 4.98 Å². The maximum Gasteiger partial charge on any atom is 0.337 e. The number of aromatic nitrogens is 1. The number of carbonyl (C=O) groups is 2. The minimum absolute atomic E-state index is 0.0786. The van der Waals surface area contributed by atoms with Gasteiger partial charge in [-0.05, 0) is 24.3 Å². The molecule has 3 rings (SSSR count). The molecule has 6 nitrogen and oxygen atoms in total. The normalized spacial score (nSPS) is 14.5. The van der Waals surface area contributed by atoms with E-state index in [1.807, 2.05) is 4.90 Å². The second kappa shape index (κ2) is 6.66. The molecule has 2 aromatic rings. The highest BCUT2D eigenvalue weighted by Crippen LogP contribution is 2.16. The second-order valence-electron chi connectivity index (χ2n) is 5.47. The number of pyridine rings is 1. The number of nitrogens with zero attached hydrogens (tertiary/aromatic N) is 3. The Labute approximate surface area is 138 Å². The fraction of sp³-hybridized carbons (Fsp3) is 0.235. The van der Waals surface area contributed by atoms with E-state index in [-0.39, 0.29) is 17.0 Å². The SMILES string of the molecule is O=C(O)c1ccc(N2CCN(C(=O)c3ccccc3F)CC2)nc1. The molecule has 1 aromatic heterocycles. The predicted octanol–water partition coefficient (Wildman–Crippen LogP) is 1.88. The molecular weight excluding hydrogens is 313 g/mol. The summed E-state index contributed by atoms with van der Waals surface area (Å²) in [5.74, 6) is -1.19. The molecular formula is C17H16FN3O3. The Hall–Kier alpha value is -2.96. The lowest BCUT2D eigenvalue weighted by Gasteiger charge is -2.35. The number of carboxylic acids is 1. The summed E-state index contributed by atoms with van der Waals surface area (Å²) >= 11 is 0. The van der Waals surface area contributed by atoms with Gasteiger partial charge >= 0.3 is 5.97 Å². The maximum absolute atomic E-state index is 13.7. The number of aromatic carboxylic acids is 1. The summed E-state index contributed by atoms with van der Waals surface area (Å²) in [6, 6.07) is 9.10. The molecule has 1 aliphatic heterocycles. The first-order valence-corrected chi connectivity index (χ1v) is 7.54. The summed E-state index contributed by atoms with van der Waals surface area (Å²) in [4.78, 5) is 30.9. The number of rotatable bonds is 3. The van der Waals surface area contributed by atoms with Crippen LogP contribution < -0.4 is 4.90 Å². The molecule has 2 heterocycles. The second-order valence-corrected chi connectivity index (χ2v) is 5.47. The van der Waals surface area contributed by atoms with Crippen LogP contribution in [0.3, 0.4) is 0 Å². The third-order valence-electron chi connectivity index (χ3n) is 3.99. The molecule has 0 unspecified atom stereocenters. The molecule has 0 radical (unpaired) electrons. The van der Waals surface area contributed by atoms with Crippen molar-refractivity contribution in [3.05, 3.63) is 59.5 Å². The van der Waals surface area contributed by atoms with Gasteiger partial charge in [0.15, 0.2) is 0 Å². The topological polar surface area (TPSA) is 73.7 Å². The van der Waals surface area contributed by atoms with Crippen molar-refractivity contribution in [1.29, 1.82) is 0 Å². The highest BCUT2D eigenvalue weighted by molar-refractivity contribution is 5.94. The van der Waals surface area contributed by atoms with E-state index in [0.29, 0.717) is 32.0 Å². The Morgan fingerprint density at radius 2 is 1.75 bits per heavy atom. The van der Waals surface area contributed by atoms with Gasteiger partial charge in [0.05, 0.1) is 11.1 Å². The van der Waals surface area contributed by atoms with Crippen molar-refractivity contribution in [2.45, 2.75) is 0 Å². The molecule has 1 aromatic carbocycles. The molecule has 7 heteroatoms. The smallest absolute Gasteiger partial charge is 0.337 e. The summed E-state index contributed by atoms with van der Waals surface area (Å²) in [6.45, 7) is 2.02. The zero-order chi connectivity index (χ0) is 17.1. The van der Waals surface area contributed by atoms with Crippen LogP contribution in [0.4, 0.5) is 10.2 Å². The lowest BCUT2D eigenvalue weighted by atomic mass is 10.1. The van der Waals surface area contributed by atoms with Gasteiger partial charge in [-0.2, -0.15) is 0 Å². The predicted molar refractivity (Wildman–Crippen MR) is 85.7 cm³/mol. The molecule has 1 saturated heterocycles.